The van der Waals surface area contributed by atoms with Crippen LogP contribution in [0.1, 0.15) is 232 Å². The third-order valence-corrected chi connectivity index (χ3v) is 10.3. The van der Waals surface area contributed by atoms with Crippen LogP contribution < -0.4 is 0 Å². The lowest BCUT2D eigenvalue weighted by molar-refractivity contribution is -0.154. The summed E-state index contributed by atoms with van der Waals surface area (Å²) in [5, 5.41) is 9.63. The van der Waals surface area contributed by atoms with E-state index in [0.717, 1.165) is 51.4 Å². The largest absolute Gasteiger partial charge is 0.457 e. The summed E-state index contributed by atoms with van der Waals surface area (Å²) in [7, 11) is 0. The van der Waals surface area contributed by atoms with Crippen molar-refractivity contribution in [3.63, 3.8) is 0 Å². The minimum atomic E-state index is -0.546. The van der Waals surface area contributed by atoms with Gasteiger partial charge in [0.05, 0.1) is 13.2 Å². The van der Waals surface area contributed by atoms with Gasteiger partial charge in [0, 0.05) is 13.0 Å². The van der Waals surface area contributed by atoms with Crippen molar-refractivity contribution in [2.45, 2.75) is 238 Å². The highest BCUT2D eigenvalue weighted by Crippen LogP contribution is 2.13. The van der Waals surface area contributed by atoms with E-state index in [0.29, 0.717) is 13.0 Å². The fourth-order valence-corrected chi connectivity index (χ4v) is 6.72. The third-order valence-electron chi connectivity index (χ3n) is 10.3. The Morgan fingerprint density at radius 1 is 0.436 bits per heavy atom. The summed E-state index contributed by atoms with van der Waals surface area (Å²) in [6.07, 6.45) is 64.3. The molecule has 0 aliphatic carbocycles. The van der Waals surface area contributed by atoms with E-state index < -0.39 is 6.10 Å². The number of aliphatic hydroxyl groups is 1. The van der Waals surface area contributed by atoms with Gasteiger partial charge in [-0.15, -0.1) is 0 Å². The molecule has 0 aromatic rings. The number of carbonyl (C=O) groups is 1. The van der Waals surface area contributed by atoms with Gasteiger partial charge in [0.15, 0.2) is 0 Å². The number of esters is 1. The molecular weight excluding hydrogens is 677 g/mol. The minimum absolute atomic E-state index is 0.180. The molecule has 0 aliphatic heterocycles. The van der Waals surface area contributed by atoms with E-state index >= 15 is 0 Å². The van der Waals surface area contributed by atoms with E-state index in [1.807, 2.05) is 0 Å². The monoisotopic (exact) mass is 769 g/mol. The number of aliphatic hydroxyl groups excluding tert-OH is 1. The Hall–Kier alpha value is -1.91. The van der Waals surface area contributed by atoms with Crippen molar-refractivity contribution in [3.05, 3.63) is 60.8 Å². The molecule has 4 heteroatoms. The maximum absolute atomic E-state index is 12.2. The van der Waals surface area contributed by atoms with Crippen LogP contribution in [0.3, 0.4) is 0 Å². The Morgan fingerprint density at radius 3 is 1.15 bits per heavy atom. The van der Waals surface area contributed by atoms with Gasteiger partial charge in [-0.3, -0.25) is 4.79 Å². The predicted octanol–water partition coefficient (Wildman–Crippen LogP) is 16.0. The highest BCUT2D eigenvalue weighted by Gasteiger charge is 2.13. The molecule has 1 atom stereocenters. The molecule has 0 aromatic carbocycles. The molecule has 0 saturated heterocycles. The smallest absolute Gasteiger partial charge is 0.306 e. The van der Waals surface area contributed by atoms with Crippen LogP contribution in [-0.4, -0.2) is 37.0 Å². The molecule has 1 unspecified atom stereocenters. The Labute approximate surface area is 343 Å². The maximum Gasteiger partial charge on any atom is 0.306 e. The highest BCUT2D eigenvalue weighted by atomic mass is 16.6. The van der Waals surface area contributed by atoms with Crippen LogP contribution in [0.4, 0.5) is 0 Å². The highest BCUT2D eigenvalue weighted by molar-refractivity contribution is 5.69. The molecule has 0 amide bonds. The number of carbonyl (C=O) groups excluding carboxylic acids is 1. The van der Waals surface area contributed by atoms with Crippen LogP contribution in [0, 0.1) is 0 Å². The van der Waals surface area contributed by atoms with Gasteiger partial charge in [-0.25, -0.2) is 0 Å². The summed E-state index contributed by atoms with van der Waals surface area (Å²) in [6.45, 7) is 5.32. The molecule has 0 aromatic heterocycles. The SMILES string of the molecule is CCCCCCC/C=C\C/C=C\C/C=C\CCCCCCCCC(=O)OC(CO)COCCCCCCCCCCCC/C=C\C/C=C\CCCCCCC. The van der Waals surface area contributed by atoms with Crippen molar-refractivity contribution < 1.29 is 19.4 Å². The van der Waals surface area contributed by atoms with Crippen molar-refractivity contribution in [2.75, 3.05) is 19.8 Å². The molecule has 55 heavy (non-hydrogen) atoms. The van der Waals surface area contributed by atoms with Crippen LogP contribution in [0.15, 0.2) is 60.8 Å². The number of hydrogen-bond acceptors (Lipinski definition) is 4. The van der Waals surface area contributed by atoms with E-state index in [1.54, 1.807) is 0 Å². The van der Waals surface area contributed by atoms with Crippen molar-refractivity contribution >= 4 is 5.97 Å². The van der Waals surface area contributed by atoms with E-state index in [2.05, 4.69) is 74.6 Å². The Morgan fingerprint density at radius 2 is 0.764 bits per heavy atom. The number of allylic oxidation sites excluding steroid dienone is 10. The molecule has 0 saturated carbocycles. The van der Waals surface area contributed by atoms with E-state index in [1.165, 1.54) is 161 Å². The quantitative estimate of drug-likeness (QED) is 0.0381. The van der Waals surface area contributed by atoms with Crippen LogP contribution in [0.25, 0.3) is 0 Å². The molecule has 0 fully saturated rings. The van der Waals surface area contributed by atoms with Gasteiger partial charge in [0.1, 0.15) is 6.10 Å². The van der Waals surface area contributed by atoms with Gasteiger partial charge >= 0.3 is 5.97 Å². The number of hydrogen-bond donors (Lipinski definition) is 1. The second-order valence-electron chi connectivity index (χ2n) is 15.8. The van der Waals surface area contributed by atoms with Gasteiger partial charge in [0.25, 0.3) is 0 Å². The van der Waals surface area contributed by atoms with E-state index in [-0.39, 0.29) is 19.2 Å². The van der Waals surface area contributed by atoms with Crippen molar-refractivity contribution in [1.82, 2.24) is 0 Å². The number of ether oxygens (including phenoxy) is 2. The van der Waals surface area contributed by atoms with Gasteiger partial charge in [-0.2, -0.15) is 0 Å². The number of unbranched alkanes of at least 4 members (excludes halogenated alkanes) is 26. The molecule has 0 rings (SSSR count). The van der Waals surface area contributed by atoms with E-state index in [4.69, 9.17) is 9.47 Å². The first-order valence-electron chi connectivity index (χ1n) is 23.9. The Bertz CT molecular complexity index is 900. The predicted molar refractivity (Wildman–Crippen MR) is 242 cm³/mol. The molecular formula is C51H92O4. The summed E-state index contributed by atoms with van der Waals surface area (Å²) in [5.41, 5.74) is 0. The maximum atomic E-state index is 12.2. The number of rotatable bonds is 44. The van der Waals surface area contributed by atoms with Crippen LogP contribution >= 0.6 is 0 Å². The first-order chi connectivity index (χ1) is 27.2. The molecule has 0 bridgehead atoms. The van der Waals surface area contributed by atoms with Gasteiger partial charge < -0.3 is 14.6 Å². The summed E-state index contributed by atoms with van der Waals surface area (Å²) in [4.78, 5) is 12.2. The zero-order valence-electron chi connectivity index (χ0n) is 36.7. The van der Waals surface area contributed by atoms with Gasteiger partial charge in [0.2, 0.25) is 0 Å². The fourth-order valence-electron chi connectivity index (χ4n) is 6.72. The lowest BCUT2D eigenvalue weighted by atomic mass is 10.1. The summed E-state index contributed by atoms with van der Waals surface area (Å²) < 4.78 is 11.2. The third kappa shape index (κ3) is 46.4. The molecule has 4 nitrogen and oxygen atoms in total. The normalized spacial score (nSPS) is 12.9. The average Bonchev–Trinajstić information content (AvgIpc) is 3.19. The average molecular weight is 769 g/mol. The summed E-state index contributed by atoms with van der Waals surface area (Å²) in [6, 6.07) is 0. The topological polar surface area (TPSA) is 55.8 Å². The zero-order chi connectivity index (χ0) is 39.8. The summed E-state index contributed by atoms with van der Waals surface area (Å²) >= 11 is 0. The van der Waals surface area contributed by atoms with Crippen LogP contribution in [0.2, 0.25) is 0 Å². The molecule has 320 valence electrons. The second-order valence-corrected chi connectivity index (χ2v) is 15.8. The first kappa shape index (κ1) is 53.1. The Kier molecular flexibility index (Phi) is 46.6. The van der Waals surface area contributed by atoms with Crippen molar-refractivity contribution in [2.24, 2.45) is 0 Å². The Balaban J connectivity index is 3.46. The second kappa shape index (κ2) is 48.2. The van der Waals surface area contributed by atoms with Gasteiger partial charge in [-0.1, -0.05) is 203 Å². The van der Waals surface area contributed by atoms with E-state index in [9.17, 15) is 9.90 Å². The first-order valence-corrected chi connectivity index (χ1v) is 23.9. The molecule has 0 radical (unpaired) electrons. The summed E-state index contributed by atoms with van der Waals surface area (Å²) in [5.74, 6) is -0.213. The van der Waals surface area contributed by atoms with Crippen molar-refractivity contribution in [1.29, 1.82) is 0 Å². The standard InChI is InChI=1S/C51H92O4/c1-3-5-7-9-11-13-15-17-19-21-23-25-27-29-31-33-35-37-39-41-43-45-47-54-49-50(48-52)55-51(53)46-44-42-40-38-36-34-32-30-28-26-24-22-20-18-16-14-12-10-8-6-4-2/h15-18,21-24,28,30,50,52H,3-14,19-20,25-27,29,31-49H2,1-2H3/b17-15-,18-16-,23-21-,24-22-,30-28-. The van der Waals surface area contributed by atoms with Crippen LogP contribution in [-0.2, 0) is 14.3 Å². The minimum Gasteiger partial charge on any atom is -0.457 e. The lowest BCUT2D eigenvalue weighted by Gasteiger charge is -2.15. The van der Waals surface area contributed by atoms with Crippen molar-refractivity contribution in [3.8, 4) is 0 Å². The van der Waals surface area contributed by atoms with Crippen LogP contribution in [0.5, 0.6) is 0 Å². The molecule has 0 aliphatic rings. The zero-order valence-corrected chi connectivity index (χ0v) is 36.7. The molecule has 0 spiro atoms. The van der Waals surface area contributed by atoms with Gasteiger partial charge in [-0.05, 0) is 83.5 Å². The molecule has 1 N–H and O–H groups in total. The fraction of sp³-hybridized carbons (Fsp3) is 0.784. The lowest BCUT2D eigenvalue weighted by Crippen LogP contribution is -2.27. The molecule has 0 heterocycles.